The summed E-state index contributed by atoms with van der Waals surface area (Å²) in [6.07, 6.45) is -5.38. The van der Waals surface area contributed by atoms with Crippen molar-refractivity contribution in [1.29, 1.82) is 0 Å². The average molecular weight is 457 g/mol. The highest BCUT2D eigenvalue weighted by atomic mass is 79.9. The lowest BCUT2D eigenvalue weighted by atomic mass is 9.75. The van der Waals surface area contributed by atoms with Gasteiger partial charge in [-0.2, -0.15) is 13.2 Å². The zero-order valence-corrected chi connectivity index (χ0v) is 16.7. The number of halogens is 4. The molecule has 0 fully saturated rings. The van der Waals surface area contributed by atoms with E-state index in [9.17, 15) is 18.3 Å². The van der Waals surface area contributed by atoms with E-state index in [4.69, 9.17) is 9.47 Å². The lowest BCUT2D eigenvalue weighted by molar-refractivity contribution is -0.149. The minimum absolute atomic E-state index is 0.0405. The molecule has 0 radical (unpaired) electrons. The topological polar surface area (TPSA) is 38.7 Å². The highest BCUT2D eigenvalue weighted by Gasteiger charge is 2.49. The molecule has 3 nitrogen and oxygen atoms in total. The van der Waals surface area contributed by atoms with Gasteiger partial charge in [0.15, 0.2) is 0 Å². The van der Waals surface area contributed by atoms with E-state index in [-0.39, 0.29) is 17.5 Å². The first-order valence-electron chi connectivity index (χ1n) is 8.80. The highest BCUT2D eigenvalue weighted by molar-refractivity contribution is 9.11. The maximum absolute atomic E-state index is 13.6. The molecule has 150 valence electrons. The SMILES string of the molecule is COc1ccc([C@@H]2[C@@H](CCO)OC(C(F)(F)F)=C(Br)[C@H]2c2ccccc2)cc1. The Balaban J connectivity index is 2.17. The first kappa shape index (κ1) is 20.7. The molecule has 2 aromatic rings. The third kappa shape index (κ3) is 4.20. The summed E-state index contributed by atoms with van der Waals surface area (Å²) in [7, 11) is 1.55. The number of alkyl halides is 3. The van der Waals surface area contributed by atoms with Gasteiger partial charge in [0.1, 0.15) is 11.9 Å². The van der Waals surface area contributed by atoms with Crippen molar-refractivity contribution in [2.75, 3.05) is 13.7 Å². The second-order valence-electron chi connectivity index (χ2n) is 6.53. The van der Waals surface area contributed by atoms with Crippen molar-refractivity contribution in [2.45, 2.75) is 30.5 Å². The standard InChI is InChI=1S/C21H20BrF3O3/c1-27-15-9-7-14(8-10-15)17-16(11-12-26)28-20(21(23,24)25)19(22)18(17)13-5-3-2-4-6-13/h2-10,16-18,26H,11-12H2,1H3/t16-,17-,18+/m1/s1. The molecule has 1 heterocycles. The molecule has 0 aliphatic carbocycles. The lowest BCUT2D eigenvalue weighted by Crippen LogP contribution is -2.36. The Morgan fingerprint density at radius 2 is 1.68 bits per heavy atom. The molecule has 0 aromatic heterocycles. The largest absolute Gasteiger partial charge is 0.497 e. The summed E-state index contributed by atoms with van der Waals surface area (Å²) in [5.41, 5.74) is 1.55. The third-order valence-electron chi connectivity index (χ3n) is 4.85. The van der Waals surface area contributed by atoms with Crippen molar-refractivity contribution in [3.8, 4) is 5.75 Å². The molecule has 1 aliphatic heterocycles. The van der Waals surface area contributed by atoms with Crippen molar-refractivity contribution >= 4 is 15.9 Å². The van der Waals surface area contributed by atoms with Gasteiger partial charge in [-0.1, -0.05) is 58.4 Å². The molecule has 0 spiro atoms. The fraction of sp³-hybridized carbons (Fsp3) is 0.333. The van der Waals surface area contributed by atoms with Crippen LogP contribution in [0, 0.1) is 0 Å². The molecule has 0 unspecified atom stereocenters. The van der Waals surface area contributed by atoms with Gasteiger partial charge < -0.3 is 14.6 Å². The molecule has 0 bridgehead atoms. The zero-order chi connectivity index (χ0) is 20.3. The van der Waals surface area contributed by atoms with Gasteiger partial charge in [0, 0.05) is 24.9 Å². The van der Waals surface area contributed by atoms with Crippen LogP contribution in [0.15, 0.2) is 64.8 Å². The molecule has 3 rings (SSSR count). The second-order valence-corrected chi connectivity index (χ2v) is 7.39. The minimum atomic E-state index is -4.63. The van der Waals surface area contributed by atoms with E-state index in [0.29, 0.717) is 5.75 Å². The fourth-order valence-electron chi connectivity index (χ4n) is 3.61. The van der Waals surface area contributed by atoms with Gasteiger partial charge in [-0.3, -0.25) is 0 Å². The molecule has 0 saturated carbocycles. The summed E-state index contributed by atoms with van der Waals surface area (Å²) >= 11 is 3.19. The minimum Gasteiger partial charge on any atom is -0.497 e. The molecule has 28 heavy (non-hydrogen) atoms. The maximum atomic E-state index is 13.6. The van der Waals surface area contributed by atoms with E-state index >= 15 is 0 Å². The summed E-state index contributed by atoms with van der Waals surface area (Å²) in [6.45, 7) is -0.276. The fourth-order valence-corrected chi connectivity index (χ4v) is 4.48. The Bertz CT molecular complexity index is 819. The first-order valence-corrected chi connectivity index (χ1v) is 9.59. The van der Waals surface area contributed by atoms with Gasteiger partial charge >= 0.3 is 6.18 Å². The van der Waals surface area contributed by atoms with Crippen LogP contribution in [0.3, 0.4) is 0 Å². The quantitative estimate of drug-likeness (QED) is 0.644. The van der Waals surface area contributed by atoms with Crippen molar-refractivity contribution in [1.82, 2.24) is 0 Å². The maximum Gasteiger partial charge on any atom is 0.449 e. The smallest absolute Gasteiger partial charge is 0.449 e. The van der Waals surface area contributed by atoms with Gasteiger partial charge in [0.05, 0.1) is 11.6 Å². The molecule has 2 aromatic carbocycles. The monoisotopic (exact) mass is 456 g/mol. The number of methoxy groups -OCH3 is 1. The van der Waals surface area contributed by atoms with E-state index in [1.165, 1.54) is 0 Å². The Kier molecular flexibility index (Phi) is 6.35. The first-order chi connectivity index (χ1) is 13.4. The van der Waals surface area contributed by atoms with Crippen molar-refractivity contribution < 1.29 is 27.8 Å². The van der Waals surface area contributed by atoms with Crippen LogP contribution >= 0.6 is 15.9 Å². The summed E-state index contributed by atoms with van der Waals surface area (Å²) in [5.74, 6) is -1.40. The Morgan fingerprint density at radius 3 is 2.21 bits per heavy atom. The normalized spacial score (nSPS) is 22.7. The number of aliphatic hydroxyl groups excluding tert-OH is 1. The van der Waals surface area contributed by atoms with Crippen LogP contribution in [0.25, 0.3) is 0 Å². The van der Waals surface area contributed by atoms with Crippen LogP contribution in [0.1, 0.15) is 29.4 Å². The highest BCUT2D eigenvalue weighted by Crippen LogP contribution is 2.52. The Labute approximate surface area is 169 Å². The molecule has 0 saturated heterocycles. The lowest BCUT2D eigenvalue weighted by Gasteiger charge is -2.40. The van der Waals surface area contributed by atoms with Gasteiger partial charge in [-0.25, -0.2) is 0 Å². The van der Waals surface area contributed by atoms with Crippen LogP contribution in [-0.4, -0.2) is 31.1 Å². The summed E-state index contributed by atoms with van der Waals surface area (Å²) in [6, 6.07) is 16.2. The van der Waals surface area contributed by atoms with Crippen LogP contribution in [0.2, 0.25) is 0 Å². The third-order valence-corrected chi connectivity index (χ3v) is 5.70. The molecular formula is C21H20BrF3O3. The molecule has 1 aliphatic rings. The Morgan fingerprint density at radius 1 is 1.04 bits per heavy atom. The number of benzene rings is 2. The van der Waals surface area contributed by atoms with Gasteiger partial charge in [-0.05, 0) is 23.3 Å². The van der Waals surface area contributed by atoms with E-state index in [1.807, 2.05) is 18.2 Å². The van der Waals surface area contributed by atoms with Crippen LogP contribution in [-0.2, 0) is 4.74 Å². The van der Waals surface area contributed by atoms with E-state index in [2.05, 4.69) is 15.9 Å². The Hall–Kier alpha value is -1.99. The van der Waals surface area contributed by atoms with E-state index in [0.717, 1.165) is 11.1 Å². The average Bonchev–Trinajstić information content (AvgIpc) is 2.69. The van der Waals surface area contributed by atoms with Gasteiger partial charge in [-0.15, -0.1) is 0 Å². The van der Waals surface area contributed by atoms with E-state index < -0.39 is 29.9 Å². The molecule has 0 amide bonds. The number of aliphatic hydroxyl groups is 1. The second kappa shape index (κ2) is 8.57. The molecule has 1 N–H and O–H groups in total. The summed E-state index contributed by atoms with van der Waals surface area (Å²) in [5, 5.41) is 9.47. The molecule has 3 atom stereocenters. The van der Waals surface area contributed by atoms with Crippen LogP contribution in [0.5, 0.6) is 5.75 Å². The number of hydrogen-bond acceptors (Lipinski definition) is 3. The van der Waals surface area contributed by atoms with Crippen molar-refractivity contribution in [3.63, 3.8) is 0 Å². The van der Waals surface area contributed by atoms with Gasteiger partial charge in [0.2, 0.25) is 5.76 Å². The predicted molar refractivity (Wildman–Crippen MR) is 104 cm³/mol. The van der Waals surface area contributed by atoms with E-state index in [1.54, 1.807) is 43.5 Å². The number of allylic oxidation sites excluding steroid dienone is 2. The zero-order valence-electron chi connectivity index (χ0n) is 15.1. The van der Waals surface area contributed by atoms with Crippen LogP contribution < -0.4 is 4.74 Å². The molecule has 7 heteroatoms. The molecular weight excluding hydrogens is 437 g/mol. The summed E-state index contributed by atoms with van der Waals surface area (Å²) < 4.78 is 51.4. The van der Waals surface area contributed by atoms with Crippen LogP contribution in [0.4, 0.5) is 13.2 Å². The van der Waals surface area contributed by atoms with Crippen molar-refractivity contribution in [2.24, 2.45) is 0 Å². The predicted octanol–water partition coefficient (Wildman–Crippen LogP) is 5.51. The number of ether oxygens (including phenoxy) is 2. The van der Waals surface area contributed by atoms with Crippen molar-refractivity contribution in [3.05, 3.63) is 76.0 Å². The van der Waals surface area contributed by atoms with Gasteiger partial charge in [0.25, 0.3) is 0 Å². The number of rotatable bonds is 5. The number of hydrogen-bond donors (Lipinski definition) is 1. The summed E-state index contributed by atoms with van der Waals surface area (Å²) in [4.78, 5) is 0.